The Morgan fingerprint density at radius 1 is 1.35 bits per heavy atom. The highest BCUT2D eigenvalue weighted by Gasteiger charge is 2.54. The Labute approximate surface area is 103 Å². The quantitative estimate of drug-likeness (QED) is 0.612. The Balaban J connectivity index is 2.03. The first kappa shape index (κ1) is 12.7. The van der Waals surface area contributed by atoms with Crippen molar-refractivity contribution in [3.63, 3.8) is 0 Å². The van der Waals surface area contributed by atoms with Crippen molar-refractivity contribution in [3.8, 4) is 0 Å². The highest BCUT2D eigenvalue weighted by molar-refractivity contribution is 5.69. The minimum Gasteiger partial charge on any atom is -0.444 e. The fraction of sp³-hybridized carbons (Fsp3) is 0.923. The number of rotatable bonds is 0. The number of carbonyl (C=O) groups is 1. The third-order valence-electron chi connectivity index (χ3n) is 3.44. The molecule has 2 fully saturated rings. The van der Waals surface area contributed by atoms with Gasteiger partial charge in [-0.05, 0) is 41.0 Å². The number of nitrogens with zero attached hydrogens (tertiary/aromatic N) is 1. The van der Waals surface area contributed by atoms with Gasteiger partial charge in [0.25, 0.3) is 0 Å². The van der Waals surface area contributed by atoms with E-state index in [0.29, 0.717) is 0 Å². The van der Waals surface area contributed by atoms with Gasteiger partial charge in [-0.2, -0.15) is 0 Å². The summed E-state index contributed by atoms with van der Waals surface area (Å²) in [5, 5.41) is 0. The summed E-state index contributed by atoms with van der Waals surface area (Å²) >= 11 is 0. The molecular weight excluding hydrogens is 218 g/mol. The monoisotopic (exact) mass is 241 g/mol. The second-order valence-corrected chi connectivity index (χ2v) is 6.84. The SMILES string of the molecule is CC(C)(C)OC(=O)N1CC[C@]2(CO2)CC1(C)C. The highest BCUT2D eigenvalue weighted by Crippen LogP contribution is 2.44. The van der Waals surface area contributed by atoms with Crippen LogP contribution < -0.4 is 0 Å². The van der Waals surface area contributed by atoms with Gasteiger partial charge in [0.15, 0.2) is 0 Å². The summed E-state index contributed by atoms with van der Waals surface area (Å²) < 4.78 is 11.0. The van der Waals surface area contributed by atoms with Crippen LogP contribution in [0.4, 0.5) is 4.79 Å². The summed E-state index contributed by atoms with van der Waals surface area (Å²) in [5.74, 6) is 0. The van der Waals surface area contributed by atoms with Crippen molar-refractivity contribution in [2.45, 2.75) is 64.2 Å². The van der Waals surface area contributed by atoms with Crippen LogP contribution in [0.5, 0.6) is 0 Å². The van der Waals surface area contributed by atoms with Crippen molar-refractivity contribution >= 4 is 6.09 Å². The van der Waals surface area contributed by atoms with E-state index < -0.39 is 5.60 Å². The molecule has 1 atom stereocenters. The fourth-order valence-corrected chi connectivity index (χ4v) is 2.59. The summed E-state index contributed by atoms with van der Waals surface area (Å²) in [5.41, 5.74) is -0.558. The van der Waals surface area contributed by atoms with Crippen LogP contribution in [0.15, 0.2) is 0 Å². The van der Waals surface area contributed by atoms with Crippen LogP contribution in [0.2, 0.25) is 0 Å². The first-order chi connectivity index (χ1) is 7.64. The third kappa shape index (κ3) is 2.73. The zero-order chi connectivity index (χ0) is 12.9. The van der Waals surface area contributed by atoms with Crippen LogP contribution in [0.3, 0.4) is 0 Å². The maximum Gasteiger partial charge on any atom is 0.410 e. The lowest BCUT2D eigenvalue weighted by Crippen LogP contribution is -2.56. The number of carbonyl (C=O) groups excluding carboxylic acids is 1. The number of hydrogen-bond acceptors (Lipinski definition) is 3. The van der Waals surface area contributed by atoms with Gasteiger partial charge in [0.1, 0.15) is 5.60 Å². The highest BCUT2D eigenvalue weighted by atomic mass is 16.6. The van der Waals surface area contributed by atoms with Crippen LogP contribution in [-0.2, 0) is 9.47 Å². The van der Waals surface area contributed by atoms with Gasteiger partial charge >= 0.3 is 6.09 Å². The molecule has 1 amide bonds. The molecule has 2 aliphatic heterocycles. The van der Waals surface area contributed by atoms with Crippen molar-refractivity contribution in [1.29, 1.82) is 0 Å². The number of amides is 1. The standard InChI is InChI=1S/C13H23NO3/c1-11(2,3)17-10(15)14-7-6-13(9-16-13)8-12(14,4)5/h6-9H2,1-5H3/t13-/m1/s1. The molecule has 0 aromatic carbocycles. The number of ether oxygens (including phenoxy) is 2. The summed E-state index contributed by atoms with van der Waals surface area (Å²) in [4.78, 5) is 14.0. The summed E-state index contributed by atoms with van der Waals surface area (Å²) in [7, 11) is 0. The fourth-order valence-electron chi connectivity index (χ4n) is 2.59. The third-order valence-corrected chi connectivity index (χ3v) is 3.44. The molecular formula is C13H23NO3. The van der Waals surface area contributed by atoms with E-state index in [-0.39, 0.29) is 17.2 Å². The number of hydrogen-bond donors (Lipinski definition) is 0. The van der Waals surface area contributed by atoms with Crippen LogP contribution in [0, 0.1) is 0 Å². The average molecular weight is 241 g/mol. The lowest BCUT2D eigenvalue weighted by molar-refractivity contribution is -0.0188. The van der Waals surface area contributed by atoms with Gasteiger partial charge in [0.05, 0.1) is 12.2 Å². The van der Waals surface area contributed by atoms with Crippen LogP contribution in [-0.4, -0.2) is 40.9 Å². The van der Waals surface area contributed by atoms with E-state index in [4.69, 9.17) is 9.47 Å². The molecule has 2 rings (SSSR count). The van der Waals surface area contributed by atoms with Crippen LogP contribution in [0.25, 0.3) is 0 Å². The lowest BCUT2D eigenvalue weighted by atomic mass is 9.83. The number of piperidine rings is 1. The molecule has 0 saturated carbocycles. The zero-order valence-electron chi connectivity index (χ0n) is 11.5. The molecule has 1 spiro atoms. The molecule has 0 radical (unpaired) electrons. The van der Waals surface area contributed by atoms with Gasteiger partial charge in [0.2, 0.25) is 0 Å². The summed E-state index contributed by atoms with van der Waals surface area (Å²) in [6, 6.07) is 0. The Bertz CT molecular complexity index is 326. The lowest BCUT2D eigenvalue weighted by Gasteiger charge is -2.44. The van der Waals surface area contributed by atoms with E-state index in [0.717, 1.165) is 26.0 Å². The molecule has 0 aliphatic carbocycles. The van der Waals surface area contributed by atoms with Gasteiger partial charge in [-0.25, -0.2) is 4.79 Å². The van der Waals surface area contributed by atoms with Crippen molar-refractivity contribution < 1.29 is 14.3 Å². The van der Waals surface area contributed by atoms with E-state index in [1.807, 2.05) is 25.7 Å². The average Bonchev–Trinajstić information content (AvgIpc) is 2.78. The number of likely N-dealkylation sites (tertiary alicyclic amines) is 1. The molecule has 4 nitrogen and oxygen atoms in total. The van der Waals surface area contributed by atoms with Gasteiger partial charge in [-0.3, -0.25) is 0 Å². The first-order valence-electron chi connectivity index (χ1n) is 6.28. The van der Waals surface area contributed by atoms with E-state index in [1.165, 1.54) is 0 Å². The van der Waals surface area contributed by atoms with Gasteiger partial charge < -0.3 is 14.4 Å². The molecule has 0 bridgehead atoms. The predicted molar refractivity (Wildman–Crippen MR) is 64.9 cm³/mol. The molecule has 0 unspecified atom stereocenters. The van der Waals surface area contributed by atoms with E-state index in [9.17, 15) is 4.79 Å². The molecule has 0 aromatic heterocycles. The van der Waals surface area contributed by atoms with Crippen LogP contribution >= 0.6 is 0 Å². The smallest absolute Gasteiger partial charge is 0.410 e. The molecule has 2 heterocycles. The topological polar surface area (TPSA) is 42.1 Å². The van der Waals surface area contributed by atoms with Gasteiger partial charge in [-0.15, -0.1) is 0 Å². The second-order valence-electron chi connectivity index (χ2n) is 6.84. The Kier molecular flexibility index (Phi) is 2.69. The maximum atomic E-state index is 12.1. The number of epoxide rings is 1. The second kappa shape index (κ2) is 3.61. The Hall–Kier alpha value is -0.770. The molecule has 0 aromatic rings. The predicted octanol–water partition coefficient (Wildman–Crippen LogP) is 2.56. The van der Waals surface area contributed by atoms with Crippen molar-refractivity contribution in [3.05, 3.63) is 0 Å². The minimum atomic E-state index is -0.432. The zero-order valence-corrected chi connectivity index (χ0v) is 11.5. The first-order valence-corrected chi connectivity index (χ1v) is 6.28. The van der Waals surface area contributed by atoms with Gasteiger partial charge in [0, 0.05) is 18.5 Å². The summed E-state index contributed by atoms with van der Waals surface area (Å²) in [6.45, 7) is 11.4. The van der Waals surface area contributed by atoms with E-state index >= 15 is 0 Å². The van der Waals surface area contributed by atoms with Gasteiger partial charge in [-0.1, -0.05) is 0 Å². The molecule has 98 valence electrons. The molecule has 17 heavy (non-hydrogen) atoms. The van der Waals surface area contributed by atoms with E-state index in [2.05, 4.69) is 13.8 Å². The van der Waals surface area contributed by atoms with Crippen molar-refractivity contribution in [2.24, 2.45) is 0 Å². The normalized spacial score (nSPS) is 31.5. The molecule has 4 heteroatoms. The van der Waals surface area contributed by atoms with E-state index in [1.54, 1.807) is 0 Å². The molecule has 2 aliphatic rings. The van der Waals surface area contributed by atoms with Crippen molar-refractivity contribution in [2.75, 3.05) is 13.2 Å². The molecule has 0 N–H and O–H groups in total. The Morgan fingerprint density at radius 3 is 2.35 bits per heavy atom. The van der Waals surface area contributed by atoms with Crippen LogP contribution in [0.1, 0.15) is 47.5 Å². The summed E-state index contributed by atoms with van der Waals surface area (Å²) in [6.07, 6.45) is 1.62. The maximum absolute atomic E-state index is 12.1. The Morgan fingerprint density at radius 2 is 1.94 bits per heavy atom. The minimum absolute atomic E-state index is 0.0576. The molecule has 2 saturated heterocycles. The largest absolute Gasteiger partial charge is 0.444 e. The van der Waals surface area contributed by atoms with Crippen molar-refractivity contribution in [1.82, 2.24) is 4.90 Å².